The van der Waals surface area contributed by atoms with Crippen LogP contribution < -0.4 is 10.2 Å². The Kier molecular flexibility index (Phi) is 7.17. The number of benzene rings is 2. The third kappa shape index (κ3) is 6.16. The molecule has 0 heterocycles. The molecule has 0 fully saturated rings. The minimum Gasteiger partial charge on any atom is -0.351 e. The molecule has 0 aliphatic heterocycles. The van der Waals surface area contributed by atoms with Crippen molar-refractivity contribution in [3.63, 3.8) is 0 Å². The van der Waals surface area contributed by atoms with Gasteiger partial charge in [-0.05, 0) is 24.6 Å². The predicted molar refractivity (Wildman–Crippen MR) is 103 cm³/mol. The maximum atomic E-state index is 12.3. The molecule has 0 aromatic heterocycles. The van der Waals surface area contributed by atoms with Crippen LogP contribution in [0.2, 0.25) is 0 Å². The fourth-order valence-corrected chi connectivity index (χ4v) is 3.31. The molecule has 6 nitrogen and oxygen atoms in total. The molecule has 7 heteroatoms. The number of hydrogen-bond donors (Lipinski definition) is 2. The molecule has 1 amide bonds. The van der Waals surface area contributed by atoms with Crippen LogP contribution in [-0.2, 0) is 17.9 Å². The van der Waals surface area contributed by atoms with Crippen LogP contribution in [0.5, 0.6) is 0 Å². The number of nitro groups is 1. The second-order valence-corrected chi connectivity index (χ2v) is 7.84. The summed E-state index contributed by atoms with van der Waals surface area (Å²) in [5.41, 5.74) is 2.37. The summed E-state index contributed by atoms with van der Waals surface area (Å²) in [5, 5.41) is 13.3. The van der Waals surface area contributed by atoms with Crippen LogP contribution in [0.3, 0.4) is 0 Å². The third-order valence-electron chi connectivity index (χ3n) is 3.78. The predicted octanol–water partition coefficient (Wildman–Crippen LogP) is 2.04. The number of thioether (sulfide) groups is 1. The monoisotopic (exact) mass is 374 g/mol. The molecular formula is C19H24N3O3S+. The van der Waals surface area contributed by atoms with E-state index in [0.29, 0.717) is 6.54 Å². The molecule has 1 atom stereocenters. The highest BCUT2D eigenvalue weighted by Gasteiger charge is 2.15. The first-order valence-electron chi connectivity index (χ1n) is 8.41. The molecule has 0 radical (unpaired) electrons. The van der Waals surface area contributed by atoms with Crippen LogP contribution in [0.25, 0.3) is 0 Å². The summed E-state index contributed by atoms with van der Waals surface area (Å²) < 4.78 is 0. The summed E-state index contributed by atoms with van der Waals surface area (Å²) >= 11 is 1.38. The van der Waals surface area contributed by atoms with Crippen LogP contribution in [0.4, 0.5) is 5.69 Å². The number of quaternary nitrogens is 1. The molecule has 2 rings (SSSR count). The van der Waals surface area contributed by atoms with E-state index in [4.69, 9.17) is 0 Å². The number of hydrogen-bond acceptors (Lipinski definition) is 4. The Bertz CT molecular complexity index is 746. The van der Waals surface area contributed by atoms with E-state index >= 15 is 0 Å². The first kappa shape index (κ1) is 19.9. The lowest BCUT2D eigenvalue weighted by atomic mass is 10.1. The molecule has 0 bridgehead atoms. The number of nitrogens with one attached hydrogen (secondary N) is 2. The number of nitrogens with zero attached hydrogens (tertiary/aromatic N) is 1. The van der Waals surface area contributed by atoms with E-state index in [-0.39, 0.29) is 16.8 Å². The minimum atomic E-state index is -0.435. The lowest BCUT2D eigenvalue weighted by molar-refractivity contribution is -0.872. The van der Waals surface area contributed by atoms with Gasteiger partial charge >= 0.3 is 0 Å². The summed E-state index contributed by atoms with van der Waals surface area (Å²) in [6.07, 6.45) is 0. The third-order valence-corrected chi connectivity index (χ3v) is 4.89. The van der Waals surface area contributed by atoms with E-state index in [9.17, 15) is 14.9 Å². The summed E-state index contributed by atoms with van der Waals surface area (Å²) in [6.45, 7) is 3.28. The van der Waals surface area contributed by atoms with Crippen molar-refractivity contribution in [1.29, 1.82) is 0 Å². The Labute approximate surface area is 157 Å². The molecule has 0 saturated heterocycles. The second kappa shape index (κ2) is 9.35. The van der Waals surface area contributed by atoms with Gasteiger partial charge in [-0.1, -0.05) is 24.3 Å². The first-order valence-corrected chi connectivity index (χ1v) is 9.29. The molecule has 138 valence electrons. The summed E-state index contributed by atoms with van der Waals surface area (Å²) in [7, 11) is 4.22. The van der Waals surface area contributed by atoms with Gasteiger partial charge in [0.2, 0.25) is 5.91 Å². The Morgan fingerprint density at radius 2 is 1.69 bits per heavy atom. The van der Waals surface area contributed by atoms with Crippen LogP contribution in [0.15, 0.2) is 53.4 Å². The van der Waals surface area contributed by atoms with Crippen LogP contribution >= 0.6 is 11.8 Å². The number of nitro benzene ring substituents is 1. The molecule has 0 unspecified atom stereocenters. The smallest absolute Gasteiger partial charge is 0.269 e. The molecule has 0 aliphatic carbocycles. The summed E-state index contributed by atoms with van der Waals surface area (Å²) in [4.78, 5) is 24.7. The Hall–Kier alpha value is -2.38. The van der Waals surface area contributed by atoms with Crippen molar-refractivity contribution in [3.05, 3.63) is 69.8 Å². The number of rotatable bonds is 8. The van der Waals surface area contributed by atoms with Crippen molar-refractivity contribution in [2.75, 3.05) is 14.1 Å². The van der Waals surface area contributed by atoms with Crippen molar-refractivity contribution < 1.29 is 14.6 Å². The van der Waals surface area contributed by atoms with Crippen molar-refractivity contribution in [3.8, 4) is 0 Å². The zero-order chi connectivity index (χ0) is 19.1. The maximum absolute atomic E-state index is 12.3. The highest BCUT2D eigenvalue weighted by Crippen LogP contribution is 2.25. The van der Waals surface area contributed by atoms with Gasteiger partial charge < -0.3 is 10.2 Å². The van der Waals surface area contributed by atoms with E-state index in [1.807, 2.05) is 19.1 Å². The summed E-state index contributed by atoms with van der Waals surface area (Å²) in [5.74, 6) is -0.0600. The first-order chi connectivity index (χ1) is 12.3. The van der Waals surface area contributed by atoms with Crippen molar-refractivity contribution in [2.45, 2.75) is 30.2 Å². The Morgan fingerprint density at radius 1 is 1.12 bits per heavy atom. The van der Waals surface area contributed by atoms with E-state index in [2.05, 4.69) is 31.5 Å². The van der Waals surface area contributed by atoms with Gasteiger partial charge in [-0.25, -0.2) is 0 Å². The second-order valence-electron chi connectivity index (χ2n) is 6.43. The fourth-order valence-electron chi connectivity index (χ4n) is 2.42. The van der Waals surface area contributed by atoms with Crippen LogP contribution in [-0.4, -0.2) is 30.2 Å². The van der Waals surface area contributed by atoms with Gasteiger partial charge in [-0.2, -0.15) is 0 Å². The van der Waals surface area contributed by atoms with Gasteiger partial charge in [0.1, 0.15) is 6.54 Å². The molecule has 0 saturated carbocycles. The lowest BCUT2D eigenvalue weighted by Crippen LogP contribution is -3.04. The van der Waals surface area contributed by atoms with Gasteiger partial charge in [-0.3, -0.25) is 14.9 Å². The van der Waals surface area contributed by atoms with Gasteiger partial charge in [0.05, 0.1) is 24.3 Å². The molecule has 0 spiro atoms. The topological polar surface area (TPSA) is 76.7 Å². The average Bonchev–Trinajstić information content (AvgIpc) is 2.60. The van der Waals surface area contributed by atoms with Crippen LogP contribution in [0.1, 0.15) is 18.1 Å². The Morgan fingerprint density at radius 3 is 2.23 bits per heavy atom. The molecule has 0 aliphatic rings. The minimum absolute atomic E-state index is 0.0470. The number of amides is 1. The molecular weight excluding hydrogens is 350 g/mol. The highest BCUT2D eigenvalue weighted by atomic mass is 32.2. The zero-order valence-electron chi connectivity index (χ0n) is 15.2. The highest BCUT2D eigenvalue weighted by molar-refractivity contribution is 8.00. The zero-order valence-corrected chi connectivity index (χ0v) is 16.0. The normalized spacial score (nSPS) is 12.0. The summed E-state index contributed by atoms with van der Waals surface area (Å²) in [6, 6.07) is 14.5. The van der Waals surface area contributed by atoms with E-state index in [1.165, 1.54) is 34.4 Å². The lowest BCUT2D eigenvalue weighted by Gasteiger charge is -2.12. The van der Waals surface area contributed by atoms with E-state index < -0.39 is 4.92 Å². The van der Waals surface area contributed by atoms with E-state index in [0.717, 1.165) is 17.0 Å². The number of non-ortho nitro benzene ring substituents is 1. The van der Waals surface area contributed by atoms with Gasteiger partial charge in [0.25, 0.3) is 5.69 Å². The van der Waals surface area contributed by atoms with Gasteiger partial charge in [0.15, 0.2) is 0 Å². The molecule has 2 N–H and O–H groups in total. The molecule has 2 aromatic carbocycles. The van der Waals surface area contributed by atoms with Crippen molar-refractivity contribution in [1.82, 2.24) is 5.32 Å². The fraction of sp³-hybridized carbons (Fsp3) is 0.316. The number of carbonyl (C=O) groups is 1. The average molecular weight is 374 g/mol. The largest absolute Gasteiger partial charge is 0.351 e. The van der Waals surface area contributed by atoms with Crippen molar-refractivity contribution in [2.24, 2.45) is 0 Å². The van der Waals surface area contributed by atoms with Crippen LogP contribution in [0, 0.1) is 10.1 Å². The quantitative estimate of drug-likeness (QED) is 0.421. The standard InChI is InChI=1S/C19H23N3O3S/c1-14(26-18-10-8-17(9-11-18)22(24)25)19(23)20-12-15-4-6-16(7-5-15)13-21(2)3/h4-11,14H,12-13H2,1-3H3,(H,20,23)/p+1/t14-/m1/s1. The maximum Gasteiger partial charge on any atom is 0.269 e. The number of carbonyl (C=O) groups excluding carboxylic acids is 1. The Balaban J connectivity index is 1.83. The SMILES string of the molecule is C[C@@H](Sc1ccc([N+](=O)[O-])cc1)C(=O)NCc1ccc(C[NH+](C)C)cc1. The van der Waals surface area contributed by atoms with E-state index in [1.54, 1.807) is 12.1 Å². The van der Waals surface area contributed by atoms with Crippen molar-refractivity contribution >= 4 is 23.4 Å². The van der Waals surface area contributed by atoms with Gasteiger partial charge in [-0.15, -0.1) is 11.8 Å². The molecule has 26 heavy (non-hydrogen) atoms. The van der Waals surface area contributed by atoms with Gasteiger partial charge in [0, 0.05) is 29.1 Å². The molecule has 2 aromatic rings.